The number of nitrogens with zero attached hydrogens (tertiary/aromatic N) is 1. The highest BCUT2D eigenvalue weighted by Gasteiger charge is 2.09. The predicted molar refractivity (Wildman–Crippen MR) is 80.4 cm³/mol. The lowest BCUT2D eigenvalue weighted by atomic mass is 10.1. The molecule has 0 saturated heterocycles. The van der Waals surface area contributed by atoms with Gasteiger partial charge in [0.15, 0.2) is 0 Å². The van der Waals surface area contributed by atoms with E-state index < -0.39 is 0 Å². The fourth-order valence-electron chi connectivity index (χ4n) is 2.24. The van der Waals surface area contributed by atoms with Gasteiger partial charge in [-0.25, -0.2) is 0 Å². The summed E-state index contributed by atoms with van der Waals surface area (Å²) < 4.78 is 0. The minimum absolute atomic E-state index is 0.137. The van der Waals surface area contributed by atoms with Crippen molar-refractivity contribution in [2.45, 2.75) is 13.8 Å². The summed E-state index contributed by atoms with van der Waals surface area (Å²) >= 11 is 0. The van der Waals surface area contributed by atoms with E-state index in [-0.39, 0.29) is 5.91 Å². The van der Waals surface area contributed by atoms with Gasteiger partial charge in [-0.1, -0.05) is 36.4 Å². The van der Waals surface area contributed by atoms with E-state index in [0.717, 1.165) is 24.2 Å². The number of rotatable bonds is 5. The minimum Gasteiger partial charge on any atom is -0.376 e. The van der Waals surface area contributed by atoms with Crippen LogP contribution in [0.25, 0.3) is 10.8 Å². The van der Waals surface area contributed by atoms with Gasteiger partial charge in [-0.05, 0) is 25.3 Å². The van der Waals surface area contributed by atoms with E-state index in [1.54, 1.807) is 0 Å². The van der Waals surface area contributed by atoms with Gasteiger partial charge < -0.3 is 10.2 Å². The second-order valence-corrected chi connectivity index (χ2v) is 4.45. The number of carbonyl (C=O) groups is 1. The molecule has 2 aromatic carbocycles. The van der Waals surface area contributed by atoms with Crippen LogP contribution in [0.4, 0.5) is 5.69 Å². The van der Waals surface area contributed by atoms with Crippen molar-refractivity contribution in [3.05, 3.63) is 42.5 Å². The molecule has 0 heterocycles. The summed E-state index contributed by atoms with van der Waals surface area (Å²) in [6.45, 7) is 5.85. The first-order valence-corrected chi connectivity index (χ1v) is 6.75. The first-order valence-electron chi connectivity index (χ1n) is 6.75. The molecule has 100 valence electrons. The standard InChI is InChI=1S/C16H20N2O/c1-3-18(4-2)16(19)12-17-15-11-7-9-13-8-5-6-10-14(13)15/h5-11,17H,3-4,12H2,1-2H3. The largest absolute Gasteiger partial charge is 0.376 e. The number of amides is 1. The van der Waals surface area contributed by atoms with Crippen LogP contribution in [0.5, 0.6) is 0 Å². The monoisotopic (exact) mass is 256 g/mol. The average Bonchev–Trinajstić information content (AvgIpc) is 2.46. The lowest BCUT2D eigenvalue weighted by Gasteiger charge is -2.19. The number of hydrogen-bond donors (Lipinski definition) is 1. The third-order valence-electron chi connectivity index (χ3n) is 3.34. The maximum atomic E-state index is 12.0. The summed E-state index contributed by atoms with van der Waals surface area (Å²) in [4.78, 5) is 13.8. The van der Waals surface area contributed by atoms with E-state index in [0.29, 0.717) is 6.54 Å². The number of fused-ring (bicyclic) bond motifs is 1. The van der Waals surface area contributed by atoms with Crippen molar-refractivity contribution in [3.8, 4) is 0 Å². The van der Waals surface area contributed by atoms with Crippen LogP contribution in [0.3, 0.4) is 0 Å². The molecule has 1 N–H and O–H groups in total. The second kappa shape index (κ2) is 6.23. The number of anilines is 1. The van der Waals surface area contributed by atoms with Gasteiger partial charge in [0.25, 0.3) is 0 Å². The Morgan fingerprint density at radius 3 is 2.47 bits per heavy atom. The van der Waals surface area contributed by atoms with Gasteiger partial charge in [0.1, 0.15) is 0 Å². The van der Waals surface area contributed by atoms with Gasteiger partial charge >= 0.3 is 0 Å². The van der Waals surface area contributed by atoms with Crippen LogP contribution in [0, 0.1) is 0 Å². The van der Waals surface area contributed by atoms with Crippen LogP contribution in [-0.2, 0) is 4.79 Å². The first kappa shape index (κ1) is 13.4. The first-order chi connectivity index (χ1) is 9.26. The number of hydrogen-bond acceptors (Lipinski definition) is 2. The van der Waals surface area contributed by atoms with Gasteiger partial charge in [0, 0.05) is 24.2 Å². The van der Waals surface area contributed by atoms with Crippen LogP contribution in [0.2, 0.25) is 0 Å². The molecule has 0 aliphatic carbocycles. The Morgan fingerprint density at radius 2 is 1.74 bits per heavy atom. The predicted octanol–water partition coefficient (Wildman–Crippen LogP) is 3.12. The number of nitrogens with one attached hydrogen (secondary N) is 1. The molecule has 2 aromatic rings. The van der Waals surface area contributed by atoms with E-state index in [9.17, 15) is 4.79 Å². The SMILES string of the molecule is CCN(CC)C(=O)CNc1cccc2ccccc12. The van der Waals surface area contributed by atoms with E-state index >= 15 is 0 Å². The summed E-state index contributed by atoms with van der Waals surface area (Å²) in [5.74, 6) is 0.137. The van der Waals surface area contributed by atoms with Crippen LogP contribution in [-0.4, -0.2) is 30.4 Å². The molecule has 1 amide bonds. The fraction of sp³-hybridized carbons (Fsp3) is 0.312. The van der Waals surface area contributed by atoms with E-state index in [1.165, 1.54) is 5.39 Å². The molecular weight excluding hydrogens is 236 g/mol. The Kier molecular flexibility index (Phi) is 4.39. The van der Waals surface area contributed by atoms with Gasteiger partial charge in [-0.3, -0.25) is 4.79 Å². The maximum absolute atomic E-state index is 12.0. The molecule has 0 fully saturated rings. The maximum Gasteiger partial charge on any atom is 0.241 e. The number of carbonyl (C=O) groups excluding carboxylic acids is 1. The zero-order valence-electron chi connectivity index (χ0n) is 11.5. The highest BCUT2D eigenvalue weighted by Crippen LogP contribution is 2.22. The molecule has 3 nitrogen and oxygen atoms in total. The van der Waals surface area contributed by atoms with Crippen molar-refractivity contribution < 1.29 is 4.79 Å². The van der Waals surface area contributed by atoms with Gasteiger partial charge in [-0.2, -0.15) is 0 Å². The van der Waals surface area contributed by atoms with E-state index in [2.05, 4.69) is 23.5 Å². The molecule has 0 unspecified atom stereocenters. The van der Waals surface area contributed by atoms with Crippen LogP contribution < -0.4 is 5.32 Å². The lowest BCUT2D eigenvalue weighted by molar-refractivity contribution is -0.128. The van der Waals surface area contributed by atoms with E-state index in [1.807, 2.05) is 43.0 Å². The topological polar surface area (TPSA) is 32.3 Å². The molecule has 3 heteroatoms. The Balaban J connectivity index is 2.12. The van der Waals surface area contributed by atoms with Gasteiger partial charge in [0.2, 0.25) is 5.91 Å². The summed E-state index contributed by atoms with van der Waals surface area (Å²) in [7, 11) is 0. The molecular formula is C16H20N2O. The van der Waals surface area contributed by atoms with Crippen LogP contribution in [0.1, 0.15) is 13.8 Å². The molecule has 0 bridgehead atoms. The fourth-order valence-corrected chi connectivity index (χ4v) is 2.24. The Bertz CT molecular complexity index is 556. The number of likely N-dealkylation sites (N-methyl/N-ethyl adjacent to an activating group) is 1. The summed E-state index contributed by atoms with van der Waals surface area (Å²) in [6.07, 6.45) is 0. The zero-order chi connectivity index (χ0) is 13.7. The van der Waals surface area contributed by atoms with Crippen LogP contribution >= 0.6 is 0 Å². The quantitative estimate of drug-likeness (QED) is 0.891. The summed E-state index contributed by atoms with van der Waals surface area (Å²) in [5, 5.41) is 5.58. The third-order valence-corrected chi connectivity index (χ3v) is 3.34. The van der Waals surface area contributed by atoms with Crippen molar-refractivity contribution in [3.63, 3.8) is 0 Å². The minimum atomic E-state index is 0.137. The highest BCUT2D eigenvalue weighted by atomic mass is 16.2. The molecule has 0 radical (unpaired) electrons. The third kappa shape index (κ3) is 3.05. The molecule has 0 saturated carbocycles. The molecule has 0 atom stereocenters. The average molecular weight is 256 g/mol. The van der Waals surface area contributed by atoms with Gasteiger partial charge in [0.05, 0.1) is 6.54 Å². The van der Waals surface area contributed by atoms with Crippen molar-refractivity contribution >= 4 is 22.4 Å². The van der Waals surface area contributed by atoms with Crippen molar-refractivity contribution in [2.75, 3.05) is 25.0 Å². The highest BCUT2D eigenvalue weighted by molar-refractivity contribution is 5.95. The Morgan fingerprint density at radius 1 is 1.05 bits per heavy atom. The lowest BCUT2D eigenvalue weighted by Crippen LogP contribution is -2.35. The van der Waals surface area contributed by atoms with Crippen LogP contribution in [0.15, 0.2) is 42.5 Å². The van der Waals surface area contributed by atoms with E-state index in [4.69, 9.17) is 0 Å². The number of benzene rings is 2. The summed E-state index contributed by atoms with van der Waals surface area (Å²) in [5.41, 5.74) is 1.01. The zero-order valence-corrected chi connectivity index (χ0v) is 11.5. The summed E-state index contributed by atoms with van der Waals surface area (Å²) in [6, 6.07) is 14.3. The van der Waals surface area contributed by atoms with Crippen molar-refractivity contribution in [1.29, 1.82) is 0 Å². The van der Waals surface area contributed by atoms with Gasteiger partial charge in [-0.15, -0.1) is 0 Å². The molecule has 0 aliphatic rings. The van der Waals surface area contributed by atoms with Crippen molar-refractivity contribution in [1.82, 2.24) is 4.90 Å². The molecule has 0 aromatic heterocycles. The second-order valence-electron chi connectivity index (χ2n) is 4.45. The Labute approximate surface area is 114 Å². The molecule has 19 heavy (non-hydrogen) atoms. The smallest absolute Gasteiger partial charge is 0.241 e. The van der Waals surface area contributed by atoms with Crippen molar-refractivity contribution in [2.24, 2.45) is 0 Å². The Hall–Kier alpha value is -2.03. The normalized spacial score (nSPS) is 10.4. The molecule has 0 spiro atoms. The molecule has 2 rings (SSSR count). The molecule has 0 aliphatic heterocycles.